The Morgan fingerprint density at radius 1 is 1.16 bits per heavy atom. The highest BCUT2D eigenvalue weighted by molar-refractivity contribution is 5.96. The largest absolute Gasteiger partial charge is 0.411 e. The van der Waals surface area contributed by atoms with Gasteiger partial charge in [-0.2, -0.15) is 9.61 Å². The molecule has 5 rings (SSSR count). The van der Waals surface area contributed by atoms with Gasteiger partial charge in [-0.25, -0.2) is 8.78 Å². The van der Waals surface area contributed by atoms with Gasteiger partial charge in [-0.3, -0.25) is 4.98 Å². The number of aromatic nitrogens is 5. The van der Waals surface area contributed by atoms with Crippen LogP contribution in [0.4, 0.5) is 8.78 Å². The fraction of sp³-hybridized carbons (Fsp3) is 0.348. The molecule has 0 amide bonds. The third-order valence-corrected chi connectivity index (χ3v) is 6.25. The van der Waals surface area contributed by atoms with E-state index in [-0.39, 0.29) is 17.8 Å². The summed E-state index contributed by atoms with van der Waals surface area (Å²) in [6.45, 7) is 1.60. The minimum Gasteiger partial charge on any atom is -0.411 e. The summed E-state index contributed by atoms with van der Waals surface area (Å²) in [6.07, 6.45) is 7.31. The molecule has 7 nitrogen and oxygen atoms in total. The first kappa shape index (κ1) is 20.4. The zero-order valence-electron chi connectivity index (χ0n) is 17.6. The zero-order chi connectivity index (χ0) is 22.2. The van der Waals surface area contributed by atoms with Crippen molar-refractivity contribution in [2.24, 2.45) is 5.16 Å². The molecular weight excluding hydrogens is 414 g/mol. The smallest absolute Gasteiger partial charge is 0.177 e. The molecule has 1 aliphatic carbocycles. The van der Waals surface area contributed by atoms with E-state index < -0.39 is 11.6 Å². The van der Waals surface area contributed by atoms with Gasteiger partial charge in [0.05, 0.1) is 5.52 Å². The lowest BCUT2D eigenvalue weighted by molar-refractivity contribution is 0.319. The fourth-order valence-electron chi connectivity index (χ4n) is 4.42. The third kappa shape index (κ3) is 3.57. The second kappa shape index (κ2) is 8.22. The van der Waals surface area contributed by atoms with Crippen LogP contribution >= 0.6 is 0 Å². The highest BCUT2D eigenvalue weighted by Gasteiger charge is 2.21. The number of oxime groups is 1. The normalized spacial score (nSPS) is 15.7. The predicted molar refractivity (Wildman–Crippen MR) is 115 cm³/mol. The molecule has 1 N–H and O–H groups in total. The molecule has 0 bridgehead atoms. The molecule has 1 fully saturated rings. The summed E-state index contributed by atoms with van der Waals surface area (Å²) in [6, 6.07) is 6.37. The lowest BCUT2D eigenvalue weighted by Gasteiger charge is -2.22. The molecule has 3 aromatic heterocycles. The number of hydrogen-bond donors (Lipinski definition) is 1. The molecule has 1 saturated carbocycles. The molecule has 1 aliphatic rings. The Balaban J connectivity index is 1.56. The van der Waals surface area contributed by atoms with Gasteiger partial charge in [0.15, 0.2) is 11.5 Å². The Kier molecular flexibility index (Phi) is 5.24. The summed E-state index contributed by atoms with van der Waals surface area (Å²) in [5, 5.41) is 24.9. The van der Waals surface area contributed by atoms with E-state index in [1.54, 1.807) is 25.3 Å². The minimum absolute atomic E-state index is 0.103. The van der Waals surface area contributed by atoms with E-state index in [1.807, 2.05) is 6.07 Å². The van der Waals surface area contributed by atoms with E-state index in [1.165, 1.54) is 17.0 Å². The molecule has 4 aromatic rings. The van der Waals surface area contributed by atoms with Crippen molar-refractivity contribution >= 4 is 22.3 Å². The van der Waals surface area contributed by atoms with Gasteiger partial charge in [0.2, 0.25) is 0 Å². The Hall–Kier alpha value is -3.49. The molecule has 0 saturated heterocycles. The highest BCUT2D eigenvalue weighted by atomic mass is 19.1. The fourth-order valence-corrected chi connectivity index (χ4v) is 4.42. The molecule has 9 heteroatoms. The van der Waals surface area contributed by atoms with Crippen LogP contribution in [0.1, 0.15) is 67.6 Å². The van der Waals surface area contributed by atoms with Crippen molar-refractivity contribution in [1.29, 1.82) is 0 Å². The number of halogens is 2. The summed E-state index contributed by atoms with van der Waals surface area (Å²) in [7, 11) is 0. The van der Waals surface area contributed by atoms with E-state index >= 15 is 4.39 Å². The molecule has 0 aliphatic heterocycles. The van der Waals surface area contributed by atoms with Crippen LogP contribution in [-0.2, 0) is 6.42 Å². The maximum atomic E-state index is 15.5. The van der Waals surface area contributed by atoms with Crippen molar-refractivity contribution in [1.82, 2.24) is 24.8 Å². The third-order valence-electron chi connectivity index (χ3n) is 6.25. The quantitative estimate of drug-likeness (QED) is 0.282. The van der Waals surface area contributed by atoms with Crippen LogP contribution in [0.3, 0.4) is 0 Å². The van der Waals surface area contributed by atoms with E-state index in [2.05, 4.69) is 25.4 Å². The standard InChI is InChI=1S/C23H22F2N6O/c1-13(30-32)19-7-8-21-27-28-22(31(21)29-19)10-16-18(24)11-20-17(23(16)25)9-15(12-26-20)14-5-3-2-4-6-14/h7-9,11-12,14,32H,2-6,10H2,1H3/b30-13+. The van der Waals surface area contributed by atoms with Crippen molar-refractivity contribution < 1.29 is 14.0 Å². The summed E-state index contributed by atoms with van der Waals surface area (Å²) in [4.78, 5) is 4.34. The van der Waals surface area contributed by atoms with Gasteiger partial charge in [0.25, 0.3) is 0 Å². The second-order valence-corrected chi connectivity index (χ2v) is 8.29. The lowest BCUT2D eigenvalue weighted by atomic mass is 9.84. The van der Waals surface area contributed by atoms with Gasteiger partial charge in [-0.1, -0.05) is 24.4 Å². The summed E-state index contributed by atoms with van der Waals surface area (Å²) in [5.41, 5.74) is 2.33. The molecule has 164 valence electrons. The number of rotatable bonds is 4. The van der Waals surface area contributed by atoms with Crippen LogP contribution in [0.2, 0.25) is 0 Å². The van der Waals surface area contributed by atoms with E-state index in [0.29, 0.717) is 33.9 Å². The average molecular weight is 436 g/mol. The maximum Gasteiger partial charge on any atom is 0.177 e. The van der Waals surface area contributed by atoms with Crippen molar-refractivity contribution in [2.75, 3.05) is 0 Å². The Morgan fingerprint density at radius 3 is 2.75 bits per heavy atom. The van der Waals surface area contributed by atoms with Crippen LogP contribution in [0.25, 0.3) is 16.6 Å². The Labute approximate surface area is 182 Å². The summed E-state index contributed by atoms with van der Waals surface area (Å²) in [5.74, 6) is -0.672. The van der Waals surface area contributed by atoms with Crippen molar-refractivity contribution in [3.63, 3.8) is 0 Å². The molecule has 0 atom stereocenters. The topological polar surface area (TPSA) is 88.6 Å². The number of pyridine rings is 1. The van der Waals surface area contributed by atoms with Crippen LogP contribution in [0.5, 0.6) is 0 Å². The van der Waals surface area contributed by atoms with Gasteiger partial charge >= 0.3 is 0 Å². The lowest BCUT2D eigenvalue weighted by Crippen LogP contribution is -2.09. The van der Waals surface area contributed by atoms with Gasteiger partial charge in [-0.05, 0) is 49.4 Å². The van der Waals surface area contributed by atoms with Crippen LogP contribution < -0.4 is 0 Å². The SMILES string of the molecule is C/C(=N\O)c1ccc2nnc(Cc3c(F)cc4ncc(C5CCCCC5)cc4c3F)n2n1. The van der Waals surface area contributed by atoms with Crippen LogP contribution in [0, 0.1) is 11.6 Å². The monoisotopic (exact) mass is 436 g/mol. The number of fused-ring (bicyclic) bond motifs is 2. The van der Waals surface area contributed by atoms with E-state index in [9.17, 15) is 4.39 Å². The maximum absolute atomic E-state index is 15.5. The predicted octanol–water partition coefficient (Wildman–Crippen LogP) is 4.79. The molecule has 0 unspecified atom stereocenters. The Bertz CT molecular complexity index is 1340. The molecule has 0 radical (unpaired) electrons. The van der Waals surface area contributed by atoms with Crippen LogP contribution in [-0.4, -0.2) is 35.7 Å². The van der Waals surface area contributed by atoms with Crippen molar-refractivity contribution in [3.8, 4) is 0 Å². The molecular formula is C23H22F2N6O. The van der Waals surface area contributed by atoms with Crippen LogP contribution in [0.15, 0.2) is 35.6 Å². The first-order valence-corrected chi connectivity index (χ1v) is 10.7. The zero-order valence-corrected chi connectivity index (χ0v) is 17.6. The number of nitrogens with zero attached hydrogens (tertiary/aromatic N) is 6. The van der Waals surface area contributed by atoms with Crippen molar-refractivity contribution in [2.45, 2.75) is 51.4 Å². The Morgan fingerprint density at radius 2 is 1.97 bits per heavy atom. The van der Waals surface area contributed by atoms with Gasteiger partial charge < -0.3 is 5.21 Å². The van der Waals surface area contributed by atoms with Gasteiger partial charge in [0, 0.05) is 29.6 Å². The summed E-state index contributed by atoms with van der Waals surface area (Å²) >= 11 is 0. The second-order valence-electron chi connectivity index (χ2n) is 8.29. The van der Waals surface area contributed by atoms with E-state index in [4.69, 9.17) is 5.21 Å². The van der Waals surface area contributed by atoms with E-state index in [0.717, 1.165) is 31.2 Å². The average Bonchev–Trinajstić information content (AvgIpc) is 3.23. The molecule has 3 heterocycles. The highest BCUT2D eigenvalue weighted by Crippen LogP contribution is 2.34. The number of benzene rings is 1. The van der Waals surface area contributed by atoms with Gasteiger partial charge in [-0.15, -0.1) is 10.2 Å². The minimum atomic E-state index is -0.686. The summed E-state index contributed by atoms with van der Waals surface area (Å²) < 4.78 is 31.8. The molecule has 0 spiro atoms. The van der Waals surface area contributed by atoms with Gasteiger partial charge in [0.1, 0.15) is 23.0 Å². The van der Waals surface area contributed by atoms with Crippen molar-refractivity contribution in [3.05, 3.63) is 64.7 Å². The number of hydrogen-bond acceptors (Lipinski definition) is 6. The molecule has 1 aromatic carbocycles. The first-order valence-electron chi connectivity index (χ1n) is 10.7. The molecule has 32 heavy (non-hydrogen) atoms. The first-order chi connectivity index (χ1) is 15.5.